The summed E-state index contributed by atoms with van der Waals surface area (Å²) in [6.07, 6.45) is 0. The number of thiophene rings is 1. The van der Waals surface area contributed by atoms with Gasteiger partial charge in [-0.05, 0) is 50.4 Å². The summed E-state index contributed by atoms with van der Waals surface area (Å²) >= 11 is 1.67. The van der Waals surface area contributed by atoms with Gasteiger partial charge < -0.3 is 19.7 Å². The molecule has 0 saturated carbocycles. The van der Waals surface area contributed by atoms with Crippen LogP contribution in [0, 0.1) is 0 Å². The number of quaternary nitrogens is 1. The summed E-state index contributed by atoms with van der Waals surface area (Å²) in [5.74, 6) is 1.55. The topological polar surface area (TPSA) is 52.0 Å². The summed E-state index contributed by atoms with van der Waals surface area (Å²) in [7, 11) is 1.65. The van der Waals surface area contributed by atoms with Crippen LogP contribution in [0.3, 0.4) is 0 Å². The van der Waals surface area contributed by atoms with Gasteiger partial charge in [0.25, 0.3) is 5.91 Å². The van der Waals surface area contributed by atoms with E-state index in [1.807, 2.05) is 43.5 Å². The van der Waals surface area contributed by atoms with Crippen LogP contribution in [0.5, 0.6) is 11.5 Å². The number of carbonyl (C=O) groups excluding carboxylic acids is 1. The molecule has 1 aromatic carbocycles. The highest BCUT2D eigenvalue weighted by atomic mass is 32.1. The van der Waals surface area contributed by atoms with Gasteiger partial charge in [0.2, 0.25) is 0 Å². The van der Waals surface area contributed by atoms with Crippen LogP contribution in [0.2, 0.25) is 0 Å². The third kappa shape index (κ3) is 5.47. The first-order chi connectivity index (χ1) is 12.6. The molecule has 1 unspecified atom stereocenters. The Labute approximate surface area is 159 Å². The lowest BCUT2D eigenvalue weighted by Crippen LogP contribution is -3.15. The third-order valence-corrected chi connectivity index (χ3v) is 5.27. The summed E-state index contributed by atoms with van der Waals surface area (Å²) in [6.45, 7) is 8.84. The number of likely N-dealkylation sites (N-methyl/N-ethyl adjacent to an activating group) is 2. The average Bonchev–Trinajstić information content (AvgIpc) is 3.18. The fraction of sp³-hybridized carbons (Fsp3) is 0.450. The van der Waals surface area contributed by atoms with Gasteiger partial charge in [0.05, 0.1) is 13.7 Å². The van der Waals surface area contributed by atoms with Crippen molar-refractivity contribution >= 4 is 17.2 Å². The van der Waals surface area contributed by atoms with Crippen LogP contribution in [-0.2, 0) is 17.9 Å². The number of nitrogens with one attached hydrogen (secondary N) is 2. The van der Waals surface area contributed by atoms with E-state index in [-0.39, 0.29) is 11.9 Å². The first-order valence-electron chi connectivity index (χ1n) is 9.03. The summed E-state index contributed by atoms with van der Waals surface area (Å²) in [6, 6.07) is 9.97. The minimum atomic E-state index is -0.0966. The minimum absolute atomic E-state index is 0.0900. The van der Waals surface area contributed by atoms with Gasteiger partial charge in [0.15, 0.2) is 17.5 Å². The van der Waals surface area contributed by atoms with Crippen LogP contribution in [0.15, 0.2) is 35.7 Å². The number of ether oxygens (including phenoxy) is 2. The molecule has 0 aliphatic carbocycles. The summed E-state index contributed by atoms with van der Waals surface area (Å²) in [5.41, 5.74) is 1.12. The van der Waals surface area contributed by atoms with Crippen LogP contribution in [0.4, 0.5) is 0 Å². The van der Waals surface area contributed by atoms with E-state index in [0.717, 1.165) is 30.2 Å². The van der Waals surface area contributed by atoms with E-state index in [0.29, 0.717) is 13.2 Å². The van der Waals surface area contributed by atoms with Crippen molar-refractivity contribution in [2.45, 2.75) is 40.0 Å². The lowest BCUT2D eigenvalue weighted by Gasteiger charge is -2.24. The fourth-order valence-electron chi connectivity index (χ4n) is 2.84. The van der Waals surface area contributed by atoms with Crippen LogP contribution in [0.25, 0.3) is 0 Å². The molecule has 0 fully saturated rings. The molecule has 2 N–H and O–H groups in total. The van der Waals surface area contributed by atoms with Crippen molar-refractivity contribution in [1.82, 2.24) is 5.32 Å². The standard InChI is InChI=1S/C20H28N2O3S/c1-5-21-20(23)15(3)22(6-2)13-16-9-10-18(19(12-16)24-4)25-14-17-8-7-11-26-17/h7-12,15H,5-6,13-14H2,1-4H3,(H,21,23)/p+1/t15-/m1/s1. The third-order valence-electron chi connectivity index (χ3n) is 4.42. The Morgan fingerprint density at radius 2 is 2.08 bits per heavy atom. The molecule has 1 heterocycles. The molecule has 0 aliphatic heterocycles. The highest BCUT2D eigenvalue weighted by Crippen LogP contribution is 2.29. The van der Waals surface area contributed by atoms with Crippen LogP contribution >= 0.6 is 11.3 Å². The SMILES string of the molecule is CCNC(=O)[C@@H](C)[NH+](CC)Cc1ccc(OCc2cccs2)c(OC)c1. The Morgan fingerprint density at radius 1 is 1.27 bits per heavy atom. The zero-order valence-corrected chi connectivity index (χ0v) is 16.8. The van der Waals surface area contributed by atoms with Gasteiger partial charge in [0, 0.05) is 17.0 Å². The number of hydrogen-bond acceptors (Lipinski definition) is 4. The second-order valence-corrected chi connectivity index (χ2v) is 7.19. The molecule has 0 saturated heterocycles. The number of carbonyl (C=O) groups is 1. The molecule has 1 amide bonds. The van der Waals surface area contributed by atoms with E-state index in [1.54, 1.807) is 18.4 Å². The fourth-order valence-corrected chi connectivity index (χ4v) is 3.46. The average molecular weight is 378 g/mol. The number of methoxy groups -OCH3 is 1. The Bertz CT molecular complexity index is 688. The van der Waals surface area contributed by atoms with Gasteiger partial charge in [-0.25, -0.2) is 0 Å². The van der Waals surface area contributed by atoms with Crippen LogP contribution in [0.1, 0.15) is 31.2 Å². The first kappa shape index (κ1) is 20.3. The summed E-state index contributed by atoms with van der Waals surface area (Å²) < 4.78 is 11.4. The maximum absolute atomic E-state index is 12.1. The van der Waals surface area contributed by atoms with Crippen molar-refractivity contribution in [2.75, 3.05) is 20.2 Å². The predicted octanol–water partition coefficient (Wildman–Crippen LogP) is 2.27. The largest absolute Gasteiger partial charge is 0.493 e. The molecule has 0 aliphatic rings. The zero-order valence-electron chi connectivity index (χ0n) is 16.0. The smallest absolute Gasteiger partial charge is 0.278 e. The monoisotopic (exact) mass is 377 g/mol. The van der Waals surface area contributed by atoms with Gasteiger partial charge in [-0.2, -0.15) is 0 Å². The van der Waals surface area contributed by atoms with E-state index in [1.165, 1.54) is 9.78 Å². The van der Waals surface area contributed by atoms with E-state index < -0.39 is 0 Å². The molecule has 2 atom stereocenters. The highest BCUT2D eigenvalue weighted by molar-refractivity contribution is 7.09. The van der Waals surface area contributed by atoms with E-state index >= 15 is 0 Å². The molecule has 26 heavy (non-hydrogen) atoms. The van der Waals surface area contributed by atoms with Crippen molar-refractivity contribution in [2.24, 2.45) is 0 Å². The molecule has 142 valence electrons. The molecule has 5 nitrogen and oxygen atoms in total. The molecule has 6 heteroatoms. The number of benzene rings is 1. The quantitative estimate of drug-likeness (QED) is 0.668. The van der Waals surface area contributed by atoms with E-state index in [2.05, 4.69) is 18.3 Å². The second-order valence-electron chi connectivity index (χ2n) is 6.16. The maximum atomic E-state index is 12.1. The molecule has 2 aromatic rings. The minimum Gasteiger partial charge on any atom is -0.493 e. The van der Waals surface area contributed by atoms with Crippen molar-refractivity contribution in [3.63, 3.8) is 0 Å². The second kappa shape index (κ2) is 10.2. The lowest BCUT2D eigenvalue weighted by molar-refractivity contribution is -0.926. The Kier molecular flexibility index (Phi) is 7.94. The highest BCUT2D eigenvalue weighted by Gasteiger charge is 2.23. The number of amides is 1. The summed E-state index contributed by atoms with van der Waals surface area (Å²) in [5, 5.41) is 4.94. The normalized spacial score (nSPS) is 13.1. The predicted molar refractivity (Wildman–Crippen MR) is 105 cm³/mol. The van der Waals surface area contributed by atoms with Gasteiger partial charge in [-0.15, -0.1) is 11.3 Å². The van der Waals surface area contributed by atoms with Gasteiger partial charge >= 0.3 is 0 Å². The van der Waals surface area contributed by atoms with E-state index in [9.17, 15) is 4.79 Å². The molecule has 1 aromatic heterocycles. The molecular weight excluding hydrogens is 348 g/mol. The molecule has 0 spiro atoms. The van der Waals surface area contributed by atoms with Crippen LogP contribution < -0.4 is 19.7 Å². The van der Waals surface area contributed by atoms with Gasteiger partial charge in [-0.3, -0.25) is 4.79 Å². The maximum Gasteiger partial charge on any atom is 0.278 e. The van der Waals surface area contributed by atoms with Crippen molar-refractivity contribution in [3.8, 4) is 11.5 Å². The molecule has 2 rings (SSSR count). The van der Waals surface area contributed by atoms with Crippen molar-refractivity contribution < 1.29 is 19.2 Å². The van der Waals surface area contributed by atoms with Crippen molar-refractivity contribution in [1.29, 1.82) is 0 Å². The first-order valence-corrected chi connectivity index (χ1v) is 9.91. The van der Waals surface area contributed by atoms with Gasteiger partial charge in [-0.1, -0.05) is 6.07 Å². The number of hydrogen-bond donors (Lipinski definition) is 2. The lowest BCUT2D eigenvalue weighted by atomic mass is 10.1. The Balaban J connectivity index is 2.05. The summed E-state index contributed by atoms with van der Waals surface area (Å²) in [4.78, 5) is 14.5. The molecular formula is C20H29N2O3S+. The Morgan fingerprint density at radius 3 is 2.69 bits per heavy atom. The number of rotatable bonds is 10. The molecule has 0 bridgehead atoms. The Hall–Kier alpha value is -2.05. The van der Waals surface area contributed by atoms with Gasteiger partial charge in [0.1, 0.15) is 13.2 Å². The van der Waals surface area contributed by atoms with E-state index in [4.69, 9.17) is 9.47 Å². The molecule has 0 radical (unpaired) electrons. The van der Waals surface area contributed by atoms with Crippen LogP contribution in [-0.4, -0.2) is 32.1 Å². The van der Waals surface area contributed by atoms with Crippen molar-refractivity contribution in [3.05, 3.63) is 46.2 Å². The zero-order chi connectivity index (χ0) is 18.9.